The Kier molecular flexibility index (Phi) is 3.47. The Balaban J connectivity index is 1.49. The Bertz CT molecular complexity index is 1190. The summed E-state index contributed by atoms with van der Waals surface area (Å²) < 4.78 is 11.7. The maximum absolute atomic E-state index is 9.23. The number of fused-ring (bicyclic) bond motifs is 2. The number of rotatable bonds is 3. The van der Waals surface area contributed by atoms with Gasteiger partial charge in [-0.1, -0.05) is 6.07 Å². The lowest BCUT2D eigenvalue weighted by atomic mass is 10.0. The van der Waals surface area contributed by atoms with E-state index in [-0.39, 0.29) is 6.10 Å². The summed E-state index contributed by atoms with van der Waals surface area (Å²) in [6.45, 7) is 1.97. The highest BCUT2D eigenvalue weighted by Gasteiger charge is 2.25. The van der Waals surface area contributed by atoms with E-state index in [1.165, 1.54) is 17.5 Å². The zero-order valence-electron chi connectivity index (χ0n) is 14.7. The van der Waals surface area contributed by atoms with Crippen LogP contribution in [-0.4, -0.2) is 15.2 Å². The molecule has 0 aliphatic heterocycles. The van der Waals surface area contributed by atoms with E-state index in [1.54, 1.807) is 6.20 Å². The van der Waals surface area contributed by atoms with Gasteiger partial charge in [0.1, 0.15) is 17.5 Å². The first-order chi connectivity index (χ1) is 13.2. The fraction of sp³-hybridized carbons (Fsp3) is 0.190. The van der Waals surface area contributed by atoms with Crippen molar-refractivity contribution in [2.75, 3.05) is 0 Å². The van der Waals surface area contributed by atoms with Gasteiger partial charge >= 0.3 is 0 Å². The van der Waals surface area contributed by atoms with Gasteiger partial charge in [0.25, 0.3) is 0 Å². The van der Waals surface area contributed by atoms with Gasteiger partial charge < -0.3 is 9.15 Å². The van der Waals surface area contributed by atoms with Crippen LogP contribution >= 0.6 is 0 Å². The number of hydrogen-bond donors (Lipinski definition) is 1. The number of ether oxygens (including phenoxy) is 1. The number of nitrogens with one attached hydrogen (secondary N) is 1. The molecule has 1 N–H and O–H groups in total. The molecule has 0 amide bonds. The number of aromatic amines is 1. The zero-order chi connectivity index (χ0) is 18.4. The van der Waals surface area contributed by atoms with Crippen LogP contribution < -0.4 is 4.74 Å². The van der Waals surface area contributed by atoms with E-state index >= 15 is 0 Å². The molecule has 0 spiro atoms. The predicted octanol–water partition coefficient (Wildman–Crippen LogP) is 4.46. The lowest BCUT2D eigenvalue weighted by Crippen LogP contribution is -2.04. The van der Waals surface area contributed by atoms with Crippen LogP contribution in [0.1, 0.15) is 34.8 Å². The van der Waals surface area contributed by atoms with Crippen molar-refractivity contribution in [2.45, 2.75) is 25.9 Å². The topological polar surface area (TPSA) is 87.7 Å². The van der Waals surface area contributed by atoms with Crippen LogP contribution in [0.15, 0.2) is 47.3 Å². The maximum atomic E-state index is 9.23. The first kappa shape index (κ1) is 15.6. The molecule has 4 aromatic rings. The van der Waals surface area contributed by atoms with Crippen molar-refractivity contribution >= 4 is 10.9 Å². The second kappa shape index (κ2) is 5.99. The average Bonchev–Trinajstić information content (AvgIpc) is 3.41. The Morgan fingerprint density at radius 3 is 3.04 bits per heavy atom. The highest BCUT2D eigenvalue weighted by atomic mass is 16.5. The number of nitriles is 1. The third-order valence-electron chi connectivity index (χ3n) is 5.11. The number of benzene rings is 2. The number of oxazole rings is 1. The lowest BCUT2D eigenvalue weighted by molar-refractivity contribution is 0.208. The molecule has 0 fully saturated rings. The van der Waals surface area contributed by atoms with Crippen molar-refractivity contribution in [1.82, 2.24) is 15.2 Å². The minimum atomic E-state index is -0.00970. The van der Waals surface area contributed by atoms with E-state index < -0.39 is 0 Å². The molecule has 5 rings (SSSR count). The number of aromatic nitrogens is 3. The highest BCUT2D eigenvalue weighted by Crippen LogP contribution is 2.38. The van der Waals surface area contributed by atoms with Crippen molar-refractivity contribution in [3.63, 3.8) is 0 Å². The summed E-state index contributed by atoms with van der Waals surface area (Å²) in [7, 11) is 0. The number of aryl methyl sites for hydroxylation is 2. The molecule has 1 aliphatic rings. The van der Waals surface area contributed by atoms with E-state index in [0.717, 1.165) is 40.6 Å². The maximum Gasteiger partial charge on any atom is 0.181 e. The molecule has 2 aromatic heterocycles. The van der Waals surface area contributed by atoms with Crippen molar-refractivity contribution in [2.24, 2.45) is 0 Å². The fourth-order valence-corrected chi connectivity index (χ4v) is 3.73. The van der Waals surface area contributed by atoms with Gasteiger partial charge in [0.2, 0.25) is 0 Å². The van der Waals surface area contributed by atoms with Crippen LogP contribution in [0.25, 0.3) is 22.4 Å². The summed E-state index contributed by atoms with van der Waals surface area (Å²) in [6.07, 6.45) is 4.86. The number of hydrogen-bond acceptors (Lipinski definition) is 5. The van der Waals surface area contributed by atoms with Gasteiger partial charge in [-0.15, -0.1) is 0 Å². The minimum absolute atomic E-state index is 0.00970. The van der Waals surface area contributed by atoms with Crippen molar-refractivity contribution < 1.29 is 9.15 Å². The van der Waals surface area contributed by atoms with Crippen LogP contribution in [0, 0.1) is 18.3 Å². The van der Waals surface area contributed by atoms with Gasteiger partial charge in [0.05, 0.1) is 23.3 Å². The second-order valence-electron chi connectivity index (χ2n) is 6.77. The largest absolute Gasteiger partial charge is 0.486 e. The standard InChI is InChI=1S/C21H16N4O2/c1-12-6-16-13(7-14(12)9-22)2-5-19(16)27-15-3-4-18-17(8-15)21(25-24-18)20-10-23-11-26-20/h3-4,6-8,10-11,19H,2,5H2,1H3,(H,24,25)/t19-/m0/s1. The summed E-state index contributed by atoms with van der Waals surface area (Å²) in [5, 5.41) is 17.5. The van der Waals surface area contributed by atoms with E-state index in [9.17, 15) is 5.26 Å². The molecule has 1 aliphatic carbocycles. The van der Waals surface area contributed by atoms with Crippen molar-refractivity contribution in [3.8, 4) is 23.3 Å². The minimum Gasteiger partial charge on any atom is -0.486 e. The second-order valence-corrected chi connectivity index (χ2v) is 6.77. The SMILES string of the molecule is Cc1cc2c(cc1C#N)CC[C@@H]2Oc1ccc2[nH]nc(-c3cnco3)c2c1. The molecule has 27 heavy (non-hydrogen) atoms. The van der Waals surface area contributed by atoms with Gasteiger partial charge in [-0.05, 0) is 60.7 Å². The van der Waals surface area contributed by atoms with Crippen molar-refractivity contribution in [3.05, 3.63) is 65.2 Å². The number of H-pyrrole nitrogens is 1. The van der Waals surface area contributed by atoms with Gasteiger partial charge in [0, 0.05) is 5.39 Å². The molecule has 2 heterocycles. The molecule has 0 bridgehead atoms. The molecule has 132 valence electrons. The van der Waals surface area contributed by atoms with Crippen molar-refractivity contribution in [1.29, 1.82) is 5.26 Å². The summed E-state index contributed by atoms with van der Waals surface area (Å²) in [5.74, 6) is 1.40. The number of nitrogens with zero attached hydrogens (tertiary/aromatic N) is 3. The smallest absolute Gasteiger partial charge is 0.181 e. The van der Waals surface area contributed by atoms with E-state index in [4.69, 9.17) is 9.15 Å². The molecular weight excluding hydrogens is 340 g/mol. The van der Waals surface area contributed by atoms with E-state index in [1.807, 2.05) is 31.2 Å². The Morgan fingerprint density at radius 1 is 1.30 bits per heavy atom. The van der Waals surface area contributed by atoms with E-state index in [0.29, 0.717) is 11.5 Å². The quantitative estimate of drug-likeness (QED) is 0.585. The van der Waals surface area contributed by atoms with Crippen LogP contribution in [0.3, 0.4) is 0 Å². The Morgan fingerprint density at radius 2 is 2.22 bits per heavy atom. The van der Waals surface area contributed by atoms with Gasteiger partial charge in [-0.25, -0.2) is 4.98 Å². The lowest BCUT2D eigenvalue weighted by Gasteiger charge is -2.16. The first-order valence-corrected chi connectivity index (χ1v) is 8.80. The van der Waals surface area contributed by atoms with Crippen LogP contribution in [0.2, 0.25) is 0 Å². The van der Waals surface area contributed by atoms with Gasteiger partial charge in [-0.3, -0.25) is 5.10 Å². The van der Waals surface area contributed by atoms with Crippen LogP contribution in [0.4, 0.5) is 0 Å². The molecule has 0 saturated carbocycles. The Hall–Kier alpha value is -3.59. The van der Waals surface area contributed by atoms with Crippen LogP contribution in [-0.2, 0) is 6.42 Å². The van der Waals surface area contributed by atoms with Gasteiger partial charge in [-0.2, -0.15) is 10.4 Å². The van der Waals surface area contributed by atoms with Crippen LogP contribution in [0.5, 0.6) is 5.75 Å². The van der Waals surface area contributed by atoms with E-state index in [2.05, 4.69) is 27.3 Å². The highest BCUT2D eigenvalue weighted by molar-refractivity contribution is 5.92. The molecule has 0 radical (unpaired) electrons. The zero-order valence-corrected chi connectivity index (χ0v) is 14.7. The molecule has 2 aromatic carbocycles. The molecule has 6 heteroatoms. The normalized spacial score (nSPS) is 15.6. The summed E-state index contributed by atoms with van der Waals surface area (Å²) in [6, 6.07) is 12.2. The summed E-state index contributed by atoms with van der Waals surface area (Å²) in [5.41, 5.74) is 5.74. The molecule has 1 atom stereocenters. The Labute approximate surface area is 155 Å². The summed E-state index contributed by atoms with van der Waals surface area (Å²) in [4.78, 5) is 3.96. The fourth-order valence-electron chi connectivity index (χ4n) is 3.73. The summed E-state index contributed by atoms with van der Waals surface area (Å²) >= 11 is 0. The predicted molar refractivity (Wildman–Crippen MR) is 99.2 cm³/mol. The average molecular weight is 356 g/mol. The molecule has 0 saturated heterocycles. The molecular formula is C21H16N4O2. The molecule has 0 unspecified atom stereocenters. The third-order valence-corrected chi connectivity index (χ3v) is 5.11. The van der Waals surface area contributed by atoms with Gasteiger partial charge in [0.15, 0.2) is 12.2 Å². The molecule has 6 nitrogen and oxygen atoms in total. The first-order valence-electron chi connectivity index (χ1n) is 8.80. The third kappa shape index (κ3) is 2.56. The monoisotopic (exact) mass is 356 g/mol.